The van der Waals surface area contributed by atoms with Gasteiger partial charge >= 0.3 is 5.97 Å². The van der Waals surface area contributed by atoms with Crippen LogP contribution in [-0.4, -0.2) is 11.8 Å². The molecule has 0 atom stereocenters. The molecule has 0 saturated carbocycles. The first-order valence-electron chi connectivity index (χ1n) is 7.97. The summed E-state index contributed by atoms with van der Waals surface area (Å²) >= 11 is 5.83. The molecular weight excluding hydrogens is 348 g/mol. The highest BCUT2D eigenvalue weighted by atomic mass is 35.5. The van der Waals surface area contributed by atoms with E-state index in [9.17, 15) is 9.59 Å². The van der Waals surface area contributed by atoms with Crippen LogP contribution in [-0.2, 0) is 0 Å². The lowest BCUT2D eigenvalue weighted by Crippen LogP contribution is -2.08. The summed E-state index contributed by atoms with van der Waals surface area (Å²) in [5, 5.41) is 0.647. The molecule has 0 spiro atoms. The Morgan fingerprint density at radius 3 is 2.08 bits per heavy atom. The van der Waals surface area contributed by atoms with Crippen molar-refractivity contribution >= 4 is 29.4 Å². The van der Waals surface area contributed by atoms with Crippen molar-refractivity contribution in [3.8, 4) is 5.75 Å². The number of hydrogen-bond acceptors (Lipinski definition) is 3. The minimum Gasteiger partial charge on any atom is -0.423 e. The van der Waals surface area contributed by atoms with Crippen molar-refractivity contribution in [1.29, 1.82) is 0 Å². The fraction of sp³-hybridized carbons (Fsp3) is 0. The molecule has 0 N–H and O–H groups in total. The summed E-state index contributed by atoms with van der Waals surface area (Å²) < 4.78 is 5.29. The van der Waals surface area contributed by atoms with E-state index in [0.717, 1.165) is 5.56 Å². The van der Waals surface area contributed by atoms with Gasteiger partial charge in [-0.3, -0.25) is 4.79 Å². The number of halogens is 1. The zero-order chi connectivity index (χ0) is 18.4. The van der Waals surface area contributed by atoms with Crippen LogP contribution >= 0.6 is 11.6 Å². The van der Waals surface area contributed by atoms with Crippen LogP contribution in [0.15, 0.2) is 84.9 Å². The monoisotopic (exact) mass is 362 g/mol. The molecule has 0 bridgehead atoms. The molecule has 0 aliphatic heterocycles. The largest absolute Gasteiger partial charge is 0.423 e. The molecule has 0 aromatic heterocycles. The van der Waals surface area contributed by atoms with E-state index in [2.05, 4.69) is 0 Å². The van der Waals surface area contributed by atoms with E-state index < -0.39 is 5.97 Å². The molecule has 0 heterocycles. The maximum Gasteiger partial charge on any atom is 0.343 e. The lowest BCUT2D eigenvalue weighted by Gasteiger charge is -2.04. The number of ketones is 1. The van der Waals surface area contributed by atoms with Gasteiger partial charge < -0.3 is 4.74 Å². The maximum atomic E-state index is 12.2. The Hall–Kier alpha value is -3.17. The number of hydrogen-bond donors (Lipinski definition) is 0. The van der Waals surface area contributed by atoms with Crippen LogP contribution in [0.3, 0.4) is 0 Å². The molecule has 3 nitrogen and oxygen atoms in total. The van der Waals surface area contributed by atoms with Crippen LogP contribution in [0.1, 0.15) is 26.3 Å². The Morgan fingerprint density at radius 1 is 0.769 bits per heavy atom. The molecule has 3 aromatic carbocycles. The SMILES string of the molecule is O=C(/C=C/c1ccc(Cl)cc1)c1ccc(OC(=O)c2ccccc2)cc1. The maximum absolute atomic E-state index is 12.2. The van der Waals surface area contributed by atoms with Gasteiger partial charge in [0.2, 0.25) is 0 Å². The number of benzene rings is 3. The normalized spacial score (nSPS) is 10.7. The lowest BCUT2D eigenvalue weighted by molar-refractivity contribution is 0.0734. The molecule has 0 unspecified atom stereocenters. The van der Waals surface area contributed by atoms with Gasteiger partial charge in [-0.15, -0.1) is 0 Å². The first-order valence-corrected chi connectivity index (χ1v) is 8.35. The topological polar surface area (TPSA) is 43.4 Å². The Balaban J connectivity index is 1.64. The average Bonchev–Trinajstić information content (AvgIpc) is 2.68. The minimum absolute atomic E-state index is 0.138. The van der Waals surface area contributed by atoms with E-state index in [1.807, 2.05) is 18.2 Å². The number of ether oxygens (including phenoxy) is 1. The molecule has 3 rings (SSSR count). The Bertz CT molecular complexity index is 927. The molecule has 26 heavy (non-hydrogen) atoms. The quantitative estimate of drug-likeness (QED) is 0.262. The first-order chi connectivity index (χ1) is 12.6. The molecule has 4 heteroatoms. The minimum atomic E-state index is -0.438. The van der Waals surface area contributed by atoms with Crippen molar-refractivity contribution < 1.29 is 14.3 Å². The van der Waals surface area contributed by atoms with E-state index >= 15 is 0 Å². The second-order valence-electron chi connectivity index (χ2n) is 5.53. The number of carbonyl (C=O) groups excluding carboxylic acids is 2. The molecule has 128 valence electrons. The van der Waals surface area contributed by atoms with Crippen molar-refractivity contribution in [3.63, 3.8) is 0 Å². The van der Waals surface area contributed by atoms with E-state index in [4.69, 9.17) is 16.3 Å². The molecule has 0 aliphatic carbocycles. The summed E-state index contributed by atoms with van der Waals surface area (Å²) in [6.45, 7) is 0. The van der Waals surface area contributed by atoms with E-state index in [1.165, 1.54) is 6.08 Å². The van der Waals surface area contributed by atoms with Gasteiger partial charge in [0.25, 0.3) is 0 Å². The molecule has 0 saturated heterocycles. The summed E-state index contributed by atoms with van der Waals surface area (Å²) in [5.41, 5.74) is 1.87. The molecule has 0 radical (unpaired) electrons. The predicted octanol–water partition coefficient (Wildman–Crippen LogP) is 5.46. The third kappa shape index (κ3) is 4.68. The van der Waals surface area contributed by atoms with Crippen molar-refractivity contribution in [3.05, 3.63) is 107 Å². The van der Waals surface area contributed by atoms with Crippen molar-refractivity contribution in [1.82, 2.24) is 0 Å². The smallest absolute Gasteiger partial charge is 0.343 e. The molecule has 0 aliphatic rings. The summed E-state index contributed by atoms with van der Waals surface area (Å²) in [7, 11) is 0. The number of allylic oxidation sites excluding steroid dienone is 1. The second kappa shape index (κ2) is 8.28. The van der Waals surface area contributed by atoms with Gasteiger partial charge in [0, 0.05) is 10.6 Å². The third-order valence-corrected chi connectivity index (χ3v) is 3.91. The van der Waals surface area contributed by atoms with Gasteiger partial charge in [0.15, 0.2) is 5.78 Å². The fourth-order valence-electron chi connectivity index (χ4n) is 2.27. The van der Waals surface area contributed by atoms with Crippen molar-refractivity contribution in [2.75, 3.05) is 0 Å². The molecule has 0 amide bonds. The van der Waals surface area contributed by atoms with E-state index in [0.29, 0.717) is 21.9 Å². The Morgan fingerprint density at radius 2 is 1.42 bits per heavy atom. The fourth-order valence-corrected chi connectivity index (χ4v) is 2.40. The highest BCUT2D eigenvalue weighted by molar-refractivity contribution is 6.30. The standard InChI is InChI=1S/C22H15ClO3/c23-19-11-6-16(7-12-19)8-15-21(24)17-9-13-20(14-10-17)26-22(25)18-4-2-1-3-5-18/h1-15H/b15-8+. The van der Waals surface area contributed by atoms with Gasteiger partial charge in [-0.2, -0.15) is 0 Å². The zero-order valence-corrected chi connectivity index (χ0v) is 14.5. The number of carbonyl (C=O) groups is 2. The van der Waals surface area contributed by atoms with E-state index in [-0.39, 0.29) is 5.78 Å². The second-order valence-corrected chi connectivity index (χ2v) is 5.97. The van der Waals surface area contributed by atoms with Crippen LogP contribution in [0.4, 0.5) is 0 Å². The molecular formula is C22H15ClO3. The van der Waals surface area contributed by atoms with Crippen molar-refractivity contribution in [2.45, 2.75) is 0 Å². The van der Waals surface area contributed by atoms with Gasteiger partial charge in [-0.05, 0) is 60.2 Å². The summed E-state index contributed by atoms with van der Waals surface area (Å²) in [6.07, 6.45) is 3.22. The third-order valence-electron chi connectivity index (χ3n) is 3.66. The number of rotatable bonds is 5. The van der Waals surface area contributed by atoms with Crippen molar-refractivity contribution in [2.24, 2.45) is 0 Å². The zero-order valence-electron chi connectivity index (χ0n) is 13.8. The van der Waals surface area contributed by atoms with Crippen LogP contribution in [0, 0.1) is 0 Å². The highest BCUT2D eigenvalue weighted by Crippen LogP contribution is 2.16. The highest BCUT2D eigenvalue weighted by Gasteiger charge is 2.08. The molecule has 0 fully saturated rings. The van der Waals surface area contributed by atoms with Crippen LogP contribution in [0.2, 0.25) is 5.02 Å². The van der Waals surface area contributed by atoms with Crippen LogP contribution in [0.5, 0.6) is 5.75 Å². The van der Waals surface area contributed by atoms with Crippen LogP contribution in [0.25, 0.3) is 6.08 Å². The average molecular weight is 363 g/mol. The Labute approximate surface area is 156 Å². The first kappa shape index (κ1) is 17.6. The van der Waals surface area contributed by atoms with E-state index in [1.54, 1.807) is 66.7 Å². The van der Waals surface area contributed by atoms with Gasteiger partial charge in [0.1, 0.15) is 5.75 Å². The summed E-state index contributed by atoms with van der Waals surface area (Å²) in [4.78, 5) is 24.2. The summed E-state index contributed by atoms with van der Waals surface area (Å²) in [5.74, 6) is -0.190. The van der Waals surface area contributed by atoms with Gasteiger partial charge in [0.05, 0.1) is 5.56 Å². The molecule has 3 aromatic rings. The predicted molar refractivity (Wildman–Crippen MR) is 103 cm³/mol. The lowest BCUT2D eigenvalue weighted by atomic mass is 10.1. The number of esters is 1. The van der Waals surface area contributed by atoms with Gasteiger partial charge in [-0.1, -0.05) is 48.0 Å². The Kier molecular flexibility index (Phi) is 5.62. The van der Waals surface area contributed by atoms with Crippen LogP contribution < -0.4 is 4.74 Å². The van der Waals surface area contributed by atoms with Gasteiger partial charge in [-0.25, -0.2) is 4.79 Å². The summed E-state index contributed by atoms with van der Waals surface area (Å²) in [6, 6.07) is 22.4.